The van der Waals surface area contributed by atoms with Gasteiger partial charge in [0.15, 0.2) is 0 Å². The van der Waals surface area contributed by atoms with E-state index in [1.165, 1.54) is 0 Å². The molecule has 1 N–H and O–H groups in total. The Hall–Kier alpha value is -2.34. The van der Waals surface area contributed by atoms with Crippen molar-refractivity contribution in [1.82, 2.24) is 10.2 Å². The van der Waals surface area contributed by atoms with Crippen LogP contribution in [-0.4, -0.2) is 35.9 Å². The zero-order valence-corrected chi connectivity index (χ0v) is 17.9. The molecule has 6 heteroatoms. The van der Waals surface area contributed by atoms with Crippen molar-refractivity contribution in [2.45, 2.75) is 39.3 Å². The highest BCUT2D eigenvalue weighted by Gasteiger charge is 2.25. The Kier molecular flexibility index (Phi) is 9.01. The molecule has 0 heterocycles. The van der Waals surface area contributed by atoms with Crippen molar-refractivity contribution in [3.63, 3.8) is 0 Å². The van der Waals surface area contributed by atoms with Gasteiger partial charge in [0.25, 0.3) is 0 Å². The number of para-hydroxylation sites is 1. The Morgan fingerprint density at radius 2 is 1.79 bits per heavy atom. The van der Waals surface area contributed by atoms with Crippen molar-refractivity contribution >= 4 is 27.7 Å². The molecule has 0 aromatic heterocycles. The first-order chi connectivity index (χ1) is 13.5. The fraction of sp³-hybridized carbons (Fsp3) is 0.364. The topological polar surface area (TPSA) is 58.6 Å². The summed E-state index contributed by atoms with van der Waals surface area (Å²) < 4.78 is 6.63. The summed E-state index contributed by atoms with van der Waals surface area (Å²) in [6, 6.07) is 16.8. The second kappa shape index (κ2) is 11.5. The van der Waals surface area contributed by atoms with Gasteiger partial charge in [-0.1, -0.05) is 46.3 Å². The molecular formula is C22H27BrN2O3. The van der Waals surface area contributed by atoms with E-state index in [0.717, 1.165) is 15.8 Å². The summed E-state index contributed by atoms with van der Waals surface area (Å²) in [7, 11) is 0. The van der Waals surface area contributed by atoms with Gasteiger partial charge in [-0.3, -0.25) is 9.59 Å². The van der Waals surface area contributed by atoms with Crippen molar-refractivity contribution in [3.8, 4) is 5.75 Å². The van der Waals surface area contributed by atoms with Crippen molar-refractivity contribution in [2.75, 3.05) is 13.2 Å². The summed E-state index contributed by atoms with van der Waals surface area (Å²) in [4.78, 5) is 26.8. The number of carbonyl (C=O) groups is 2. The van der Waals surface area contributed by atoms with Crippen molar-refractivity contribution < 1.29 is 14.3 Å². The van der Waals surface area contributed by atoms with E-state index in [4.69, 9.17) is 4.74 Å². The highest BCUT2D eigenvalue weighted by atomic mass is 79.9. The normalized spacial score (nSPS) is 11.5. The quantitative estimate of drug-likeness (QED) is 0.557. The highest BCUT2D eigenvalue weighted by molar-refractivity contribution is 9.10. The minimum atomic E-state index is -0.536. The molecule has 0 aliphatic rings. The summed E-state index contributed by atoms with van der Waals surface area (Å²) in [5, 5.41) is 2.80. The molecule has 5 nitrogen and oxygen atoms in total. The van der Waals surface area contributed by atoms with Gasteiger partial charge in [0.1, 0.15) is 11.8 Å². The van der Waals surface area contributed by atoms with Crippen LogP contribution in [0, 0.1) is 0 Å². The van der Waals surface area contributed by atoms with Gasteiger partial charge >= 0.3 is 0 Å². The van der Waals surface area contributed by atoms with Crippen LogP contribution in [0.5, 0.6) is 5.75 Å². The smallest absolute Gasteiger partial charge is 0.242 e. The molecule has 0 saturated heterocycles. The minimum Gasteiger partial charge on any atom is -0.494 e. The lowest BCUT2D eigenvalue weighted by molar-refractivity contribution is -0.140. The van der Waals surface area contributed by atoms with Crippen LogP contribution in [0.3, 0.4) is 0 Å². The molecule has 2 aromatic rings. The zero-order chi connectivity index (χ0) is 20.4. The van der Waals surface area contributed by atoms with Crippen LogP contribution < -0.4 is 10.1 Å². The van der Waals surface area contributed by atoms with E-state index in [-0.39, 0.29) is 11.8 Å². The van der Waals surface area contributed by atoms with Gasteiger partial charge in [-0.2, -0.15) is 0 Å². The number of benzene rings is 2. The number of nitrogens with zero attached hydrogens (tertiary/aromatic N) is 1. The fourth-order valence-corrected chi connectivity index (χ4v) is 3.03. The van der Waals surface area contributed by atoms with Crippen LogP contribution in [0.4, 0.5) is 0 Å². The largest absolute Gasteiger partial charge is 0.494 e. The second-order valence-electron chi connectivity index (χ2n) is 6.48. The molecule has 0 unspecified atom stereocenters. The summed E-state index contributed by atoms with van der Waals surface area (Å²) in [5.41, 5.74) is 0.980. The van der Waals surface area contributed by atoms with E-state index in [0.29, 0.717) is 32.5 Å². The van der Waals surface area contributed by atoms with Crippen molar-refractivity contribution in [2.24, 2.45) is 0 Å². The van der Waals surface area contributed by atoms with Crippen LogP contribution in [0.2, 0.25) is 0 Å². The van der Waals surface area contributed by atoms with Crippen molar-refractivity contribution in [3.05, 3.63) is 64.6 Å². The van der Waals surface area contributed by atoms with Gasteiger partial charge in [0, 0.05) is 24.0 Å². The van der Waals surface area contributed by atoms with E-state index in [1.54, 1.807) is 11.8 Å². The van der Waals surface area contributed by atoms with E-state index in [1.807, 2.05) is 61.5 Å². The number of nitrogens with one attached hydrogen (secondary N) is 1. The molecule has 0 radical (unpaired) electrons. The molecular weight excluding hydrogens is 420 g/mol. The lowest BCUT2D eigenvalue weighted by Gasteiger charge is -2.28. The van der Waals surface area contributed by atoms with E-state index < -0.39 is 6.04 Å². The minimum absolute atomic E-state index is 0.0571. The molecule has 0 spiro atoms. The summed E-state index contributed by atoms with van der Waals surface area (Å²) in [6.45, 7) is 5.02. The molecule has 0 saturated carbocycles. The third-order valence-electron chi connectivity index (χ3n) is 4.33. The molecule has 0 aliphatic carbocycles. The molecule has 0 fully saturated rings. The average Bonchev–Trinajstić information content (AvgIpc) is 2.71. The van der Waals surface area contributed by atoms with E-state index in [9.17, 15) is 9.59 Å². The predicted molar refractivity (Wildman–Crippen MR) is 114 cm³/mol. The van der Waals surface area contributed by atoms with Gasteiger partial charge in [0.2, 0.25) is 11.8 Å². The molecule has 0 bridgehead atoms. The van der Waals surface area contributed by atoms with Gasteiger partial charge in [-0.05, 0) is 50.1 Å². The number of likely N-dealkylation sites (N-methyl/N-ethyl adjacent to an activating group) is 1. The Morgan fingerprint density at radius 3 is 2.43 bits per heavy atom. The summed E-state index contributed by atoms with van der Waals surface area (Å²) in [6.07, 6.45) is 0.916. The molecule has 1 atom stereocenters. The molecule has 2 aromatic carbocycles. The number of halogens is 1. The molecule has 28 heavy (non-hydrogen) atoms. The fourth-order valence-electron chi connectivity index (χ4n) is 2.76. The van der Waals surface area contributed by atoms with Crippen molar-refractivity contribution in [1.29, 1.82) is 0 Å². The molecule has 0 aliphatic heterocycles. The van der Waals surface area contributed by atoms with Gasteiger partial charge < -0.3 is 15.0 Å². The Morgan fingerprint density at radius 1 is 1.11 bits per heavy atom. The SMILES string of the molecule is CCNC(=O)[C@H](C)N(Cc1ccc(Br)cc1)C(=O)CCCOc1ccccc1. The van der Waals surface area contributed by atoms with Crippen LogP contribution in [0.25, 0.3) is 0 Å². The maximum absolute atomic E-state index is 12.9. The van der Waals surface area contributed by atoms with E-state index >= 15 is 0 Å². The third kappa shape index (κ3) is 7.00. The van der Waals surface area contributed by atoms with Crippen LogP contribution >= 0.6 is 15.9 Å². The number of hydrogen-bond acceptors (Lipinski definition) is 3. The molecule has 2 amide bonds. The molecule has 2 rings (SSSR count). The number of rotatable bonds is 10. The highest BCUT2D eigenvalue weighted by Crippen LogP contribution is 2.16. The maximum atomic E-state index is 12.9. The van der Waals surface area contributed by atoms with Gasteiger partial charge in [-0.15, -0.1) is 0 Å². The van der Waals surface area contributed by atoms with Crippen LogP contribution in [0.15, 0.2) is 59.1 Å². The third-order valence-corrected chi connectivity index (χ3v) is 4.86. The average molecular weight is 447 g/mol. The Bertz CT molecular complexity index is 750. The second-order valence-corrected chi connectivity index (χ2v) is 7.40. The number of ether oxygens (including phenoxy) is 1. The first-order valence-electron chi connectivity index (χ1n) is 9.50. The van der Waals surface area contributed by atoms with Gasteiger partial charge in [0.05, 0.1) is 6.61 Å². The predicted octanol–water partition coefficient (Wildman–Crippen LogP) is 4.16. The first-order valence-corrected chi connectivity index (χ1v) is 10.3. The Balaban J connectivity index is 1.96. The number of hydrogen-bond donors (Lipinski definition) is 1. The van der Waals surface area contributed by atoms with Crippen LogP contribution in [0.1, 0.15) is 32.3 Å². The monoisotopic (exact) mass is 446 g/mol. The Labute approximate surface area is 175 Å². The zero-order valence-electron chi connectivity index (χ0n) is 16.4. The molecule has 150 valence electrons. The number of amides is 2. The summed E-state index contributed by atoms with van der Waals surface area (Å²) >= 11 is 3.42. The maximum Gasteiger partial charge on any atom is 0.242 e. The summed E-state index contributed by atoms with van der Waals surface area (Å²) in [5.74, 6) is 0.587. The number of carbonyl (C=O) groups excluding carboxylic acids is 2. The standard InChI is InChI=1S/C22H27BrN2O3/c1-3-24-22(27)17(2)25(16-18-11-13-19(23)14-12-18)21(26)10-7-15-28-20-8-5-4-6-9-20/h4-6,8-9,11-14,17H,3,7,10,15-16H2,1-2H3,(H,24,27)/t17-/m0/s1. The lowest BCUT2D eigenvalue weighted by Crippen LogP contribution is -2.47. The van der Waals surface area contributed by atoms with Gasteiger partial charge in [-0.25, -0.2) is 0 Å². The van der Waals surface area contributed by atoms with Crippen LogP contribution in [-0.2, 0) is 16.1 Å². The lowest BCUT2D eigenvalue weighted by atomic mass is 10.1. The first kappa shape index (κ1) is 22.0. The van der Waals surface area contributed by atoms with E-state index in [2.05, 4.69) is 21.2 Å².